The molecule has 1 saturated heterocycles. The second kappa shape index (κ2) is 5.02. The minimum absolute atomic E-state index is 0.126. The number of hydrogen-bond donors (Lipinski definition) is 1. The molecular formula is C12H13ClN2OS. The van der Waals surface area contributed by atoms with Crippen LogP contribution in [0.1, 0.15) is 24.8 Å². The molecule has 1 aliphatic rings. The highest BCUT2D eigenvalue weighted by atomic mass is 35.5. The molecule has 3 nitrogen and oxygen atoms in total. The van der Waals surface area contributed by atoms with Crippen LogP contribution in [-0.4, -0.2) is 17.4 Å². The van der Waals surface area contributed by atoms with Crippen molar-refractivity contribution < 1.29 is 4.79 Å². The summed E-state index contributed by atoms with van der Waals surface area (Å²) in [6.07, 6.45) is 2.56. The molecule has 0 atom stereocenters. The Hall–Kier alpha value is -1.13. The number of anilines is 1. The molecule has 1 amide bonds. The minimum atomic E-state index is 0.126. The summed E-state index contributed by atoms with van der Waals surface area (Å²) < 4.78 is 0. The maximum atomic E-state index is 11.8. The van der Waals surface area contributed by atoms with Crippen LogP contribution >= 0.6 is 23.8 Å². The summed E-state index contributed by atoms with van der Waals surface area (Å²) >= 11 is 11.0. The van der Waals surface area contributed by atoms with E-state index in [9.17, 15) is 4.79 Å². The Morgan fingerprint density at radius 3 is 2.76 bits per heavy atom. The first-order valence-corrected chi connectivity index (χ1v) is 6.28. The van der Waals surface area contributed by atoms with Gasteiger partial charge in [-0.2, -0.15) is 0 Å². The number of amides is 1. The fourth-order valence-electron chi connectivity index (χ4n) is 1.94. The molecule has 0 spiro atoms. The summed E-state index contributed by atoms with van der Waals surface area (Å²) in [6.45, 7) is 0.727. The average molecular weight is 269 g/mol. The Morgan fingerprint density at radius 1 is 1.41 bits per heavy atom. The summed E-state index contributed by atoms with van der Waals surface area (Å²) in [7, 11) is 0. The van der Waals surface area contributed by atoms with Crippen LogP contribution in [0.2, 0.25) is 5.02 Å². The Kier molecular flexibility index (Phi) is 3.64. The van der Waals surface area contributed by atoms with Gasteiger partial charge in [0.15, 0.2) is 0 Å². The highest BCUT2D eigenvalue weighted by molar-refractivity contribution is 7.80. The maximum Gasteiger partial charge on any atom is 0.227 e. The first-order chi connectivity index (χ1) is 8.09. The van der Waals surface area contributed by atoms with Gasteiger partial charge in [-0.3, -0.25) is 4.79 Å². The zero-order valence-electron chi connectivity index (χ0n) is 9.28. The summed E-state index contributed by atoms with van der Waals surface area (Å²) in [4.78, 5) is 13.8. The second-order valence-electron chi connectivity index (χ2n) is 4.03. The van der Waals surface area contributed by atoms with Crippen molar-refractivity contribution >= 4 is 40.4 Å². The Bertz CT molecular complexity index is 476. The molecule has 1 aliphatic heterocycles. The van der Waals surface area contributed by atoms with Crippen molar-refractivity contribution in [1.29, 1.82) is 0 Å². The van der Waals surface area contributed by atoms with E-state index in [0.29, 0.717) is 16.4 Å². The molecule has 1 aromatic rings. The average Bonchev–Trinajstić information content (AvgIpc) is 2.30. The molecule has 2 N–H and O–H groups in total. The number of rotatable bonds is 2. The number of carbonyl (C=O) groups is 1. The van der Waals surface area contributed by atoms with Crippen molar-refractivity contribution in [2.24, 2.45) is 5.73 Å². The Labute approximate surface area is 111 Å². The van der Waals surface area contributed by atoms with Crippen molar-refractivity contribution in [3.05, 3.63) is 28.8 Å². The first-order valence-electron chi connectivity index (χ1n) is 5.49. The lowest BCUT2D eigenvalue weighted by molar-refractivity contribution is -0.119. The lowest BCUT2D eigenvalue weighted by Crippen LogP contribution is -2.35. The maximum absolute atomic E-state index is 11.8. The standard InChI is InChI=1S/C12H13ClN2OS/c13-9-7-8(12(14)17)4-5-10(9)15-6-2-1-3-11(15)16/h4-5,7H,1-3,6H2,(H2,14,17). The van der Waals surface area contributed by atoms with Gasteiger partial charge >= 0.3 is 0 Å². The molecule has 90 valence electrons. The zero-order valence-corrected chi connectivity index (χ0v) is 10.9. The molecule has 2 rings (SSSR count). The number of carbonyl (C=O) groups excluding carboxylic acids is 1. The smallest absolute Gasteiger partial charge is 0.227 e. The van der Waals surface area contributed by atoms with E-state index in [2.05, 4.69) is 0 Å². The zero-order chi connectivity index (χ0) is 12.4. The van der Waals surface area contributed by atoms with Gasteiger partial charge in [0.1, 0.15) is 4.99 Å². The third-order valence-electron chi connectivity index (χ3n) is 2.85. The van der Waals surface area contributed by atoms with Gasteiger partial charge in [-0.15, -0.1) is 0 Å². The summed E-state index contributed by atoms with van der Waals surface area (Å²) in [5.74, 6) is 0.126. The fourth-order valence-corrected chi connectivity index (χ4v) is 2.35. The van der Waals surface area contributed by atoms with Crippen LogP contribution in [0.4, 0.5) is 5.69 Å². The molecule has 0 aromatic heterocycles. The van der Waals surface area contributed by atoms with Crippen molar-refractivity contribution in [2.75, 3.05) is 11.4 Å². The molecule has 0 bridgehead atoms. The van der Waals surface area contributed by atoms with E-state index in [1.165, 1.54) is 0 Å². The van der Waals surface area contributed by atoms with Gasteiger partial charge in [-0.05, 0) is 31.0 Å². The third-order valence-corrected chi connectivity index (χ3v) is 3.38. The molecule has 1 fully saturated rings. The largest absolute Gasteiger partial charge is 0.389 e. The predicted octanol–water partition coefficient (Wildman–Crippen LogP) is 2.49. The van der Waals surface area contributed by atoms with E-state index in [1.54, 1.807) is 23.1 Å². The number of thiocarbonyl (C=S) groups is 1. The monoisotopic (exact) mass is 268 g/mol. The SMILES string of the molecule is NC(=S)c1ccc(N2CCCCC2=O)c(Cl)c1. The van der Waals surface area contributed by atoms with Crippen LogP contribution in [-0.2, 0) is 4.79 Å². The van der Waals surface area contributed by atoms with E-state index in [1.807, 2.05) is 0 Å². The highest BCUT2D eigenvalue weighted by Gasteiger charge is 2.21. The van der Waals surface area contributed by atoms with Gasteiger partial charge in [0.05, 0.1) is 10.7 Å². The van der Waals surface area contributed by atoms with Crippen LogP contribution in [0.3, 0.4) is 0 Å². The summed E-state index contributed by atoms with van der Waals surface area (Å²) in [5.41, 5.74) is 7.00. The van der Waals surface area contributed by atoms with E-state index in [4.69, 9.17) is 29.6 Å². The Morgan fingerprint density at radius 2 is 2.18 bits per heavy atom. The van der Waals surface area contributed by atoms with Crippen molar-refractivity contribution in [2.45, 2.75) is 19.3 Å². The van der Waals surface area contributed by atoms with Gasteiger partial charge in [0, 0.05) is 18.5 Å². The number of benzene rings is 1. The van der Waals surface area contributed by atoms with Gasteiger partial charge in [-0.25, -0.2) is 0 Å². The predicted molar refractivity (Wildman–Crippen MR) is 73.5 cm³/mol. The van der Waals surface area contributed by atoms with Crippen LogP contribution in [0, 0.1) is 0 Å². The van der Waals surface area contributed by atoms with Crippen LogP contribution in [0.15, 0.2) is 18.2 Å². The molecule has 0 aliphatic carbocycles. The van der Waals surface area contributed by atoms with Gasteiger partial charge in [0.2, 0.25) is 5.91 Å². The quantitative estimate of drug-likeness (QED) is 0.839. The lowest BCUT2D eigenvalue weighted by atomic mass is 10.1. The second-order valence-corrected chi connectivity index (χ2v) is 4.88. The number of nitrogens with zero attached hydrogens (tertiary/aromatic N) is 1. The van der Waals surface area contributed by atoms with Gasteiger partial charge in [0.25, 0.3) is 0 Å². The van der Waals surface area contributed by atoms with E-state index >= 15 is 0 Å². The summed E-state index contributed by atoms with van der Waals surface area (Å²) in [5, 5.41) is 0.519. The lowest BCUT2D eigenvalue weighted by Gasteiger charge is -2.27. The minimum Gasteiger partial charge on any atom is -0.389 e. The Balaban J connectivity index is 2.32. The number of halogens is 1. The van der Waals surface area contributed by atoms with Gasteiger partial charge < -0.3 is 10.6 Å². The van der Waals surface area contributed by atoms with Crippen molar-refractivity contribution in [3.63, 3.8) is 0 Å². The van der Waals surface area contributed by atoms with Crippen LogP contribution < -0.4 is 10.6 Å². The molecular weight excluding hydrogens is 256 g/mol. The van der Waals surface area contributed by atoms with Gasteiger partial charge in [-0.1, -0.05) is 23.8 Å². The van der Waals surface area contributed by atoms with Crippen molar-refractivity contribution in [1.82, 2.24) is 0 Å². The molecule has 1 aromatic carbocycles. The van der Waals surface area contributed by atoms with E-state index in [-0.39, 0.29) is 5.91 Å². The molecule has 0 saturated carbocycles. The van der Waals surface area contributed by atoms with E-state index < -0.39 is 0 Å². The molecule has 5 heteroatoms. The highest BCUT2D eigenvalue weighted by Crippen LogP contribution is 2.29. The molecule has 0 radical (unpaired) electrons. The molecule has 17 heavy (non-hydrogen) atoms. The first kappa shape index (κ1) is 12.3. The number of piperidine rings is 1. The van der Waals surface area contributed by atoms with E-state index in [0.717, 1.165) is 30.6 Å². The van der Waals surface area contributed by atoms with Crippen molar-refractivity contribution in [3.8, 4) is 0 Å². The topological polar surface area (TPSA) is 46.3 Å². The normalized spacial score (nSPS) is 16.1. The third kappa shape index (κ3) is 2.58. The van der Waals surface area contributed by atoms with Crippen LogP contribution in [0.25, 0.3) is 0 Å². The number of nitrogens with two attached hydrogens (primary N) is 1. The molecule has 1 heterocycles. The molecule has 0 unspecified atom stereocenters. The summed E-state index contributed by atoms with van der Waals surface area (Å²) in [6, 6.07) is 5.31. The number of hydrogen-bond acceptors (Lipinski definition) is 2. The van der Waals surface area contributed by atoms with Crippen LogP contribution in [0.5, 0.6) is 0 Å². The fraction of sp³-hybridized carbons (Fsp3) is 0.333.